The van der Waals surface area contributed by atoms with Crippen LogP contribution >= 0.6 is 46.4 Å². The molecule has 2 aromatic carbocycles. The first-order valence-electron chi connectivity index (χ1n) is 6.61. The van der Waals surface area contributed by atoms with Gasteiger partial charge in [-0.05, 0) is 35.4 Å². The van der Waals surface area contributed by atoms with Crippen molar-refractivity contribution in [2.45, 2.75) is 20.5 Å². The average Bonchev–Trinajstić information content (AvgIpc) is 2.48. The van der Waals surface area contributed by atoms with Gasteiger partial charge in [-0.3, -0.25) is 0 Å². The molecule has 0 N–H and O–H groups in total. The Morgan fingerprint density at radius 3 is 1.29 bits per heavy atom. The minimum Gasteiger partial charge on any atom is -0.744 e. The van der Waals surface area contributed by atoms with E-state index in [9.17, 15) is 25.9 Å². The normalized spacial score (nSPS) is 11.9. The molecular weight excluding hydrogens is 516 g/mol. The number of hydrogen-bond donors (Lipinski definition) is 0. The van der Waals surface area contributed by atoms with Gasteiger partial charge in [0.15, 0.2) is 0 Å². The molecule has 0 saturated carbocycles. The van der Waals surface area contributed by atoms with E-state index in [2.05, 4.69) is 0 Å². The molecule has 0 bridgehead atoms. The van der Waals surface area contributed by atoms with Crippen LogP contribution in [0, 0.1) is 0 Å². The standard InChI is InChI=1S/C14H10Cl4O6S2.2Na/c15-9-3-1-7(5-11(9)25(19,20)21)13(14(17)18)8-2-4-10(16)12(6-8)26(22,23)24;;/h1-6,13-14H,(H,19,20,21)(H,22,23,24);;/q;2*+1/p-2. The Labute approximate surface area is 227 Å². The van der Waals surface area contributed by atoms with Crippen LogP contribution in [0.2, 0.25) is 10.0 Å². The molecule has 2 rings (SSSR count). The van der Waals surface area contributed by atoms with Crippen LogP contribution in [-0.2, 0) is 20.2 Å². The molecular formula is C14H8Cl4Na2O6S2. The van der Waals surface area contributed by atoms with Crippen molar-refractivity contribution in [1.82, 2.24) is 0 Å². The Hall–Kier alpha value is 1.42. The van der Waals surface area contributed by atoms with Crippen LogP contribution < -0.4 is 59.1 Å². The molecule has 0 aliphatic heterocycles. The van der Waals surface area contributed by atoms with Gasteiger partial charge in [-0.25, -0.2) is 16.8 Å². The van der Waals surface area contributed by atoms with Crippen molar-refractivity contribution in [3.8, 4) is 0 Å². The van der Waals surface area contributed by atoms with E-state index in [1.54, 1.807) is 0 Å². The second-order valence-electron chi connectivity index (χ2n) is 5.10. The first-order valence-corrected chi connectivity index (χ1v) is 11.1. The number of hydrogen-bond acceptors (Lipinski definition) is 6. The molecule has 0 heterocycles. The van der Waals surface area contributed by atoms with Gasteiger partial charge in [-0.2, -0.15) is 0 Å². The molecule has 0 aliphatic rings. The van der Waals surface area contributed by atoms with Gasteiger partial charge < -0.3 is 9.11 Å². The summed E-state index contributed by atoms with van der Waals surface area (Å²) in [6.45, 7) is 0. The number of alkyl halides is 2. The van der Waals surface area contributed by atoms with Crippen LogP contribution in [0.25, 0.3) is 0 Å². The van der Waals surface area contributed by atoms with Crippen molar-refractivity contribution in [3.63, 3.8) is 0 Å². The van der Waals surface area contributed by atoms with Crippen molar-refractivity contribution < 1.29 is 85.1 Å². The SMILES string of the molecule is O=S(=O)([O-])c1cc(C(c2ccc(Cl)c(S(=O)(=O)[O-])c2)C(Cl)Cl)ccc1Cl.[Na+].[Na+]. The van der Waals surface area contributed by atoms with E-state index in [4.69, 9.17) is 46.4 Å². The summed E-state index contributed by atoms with van der Waals surface area (Å²) in [5.74, 6) is -0.964. The maximum absolute atomic E-state index is 11.3. The second kappa shape index (κ2) is 11.3. The van der Waals surface area contributed by atoms with Crippen molar-refractivity contribution in [3.05, 3.63) is 57.6 Å². The van der Waals surface area contributed by atoms with Gasteiger partial charge in [-0.15, -0.1) is 23.2 Å². The summed E-state index contributed by atoms with van der Waals surface area (Å²) in [5.41, 5.74) is 0.353. The van der Waals surface area contributed by atoms with Crippen LogP contribution in [-0.4, -0.2) is 30.8 Å². The van der Waals surface area contributed by atoms with E-state index in [0.717, 1.165) is 12.1 Å². The fourth-order valence-corrected chi connectivity index (χ4v) is 4.85. The Morgan fingerprint density at radius 1 is 0.714 bits per heavy atom. The van der Waals surface area contributed by atoms with Gasteiger partial charge in [0.2, 0.25) is 0 Å². The van der Waals surface area contributed by atoms with Crippen molar-refractivity contribution in [2.75, 3.05) is 0 Å². The maximum atomic E-state index is 11.3. The van der Waals surface area contributed by atoms with E-state index in [-0.39, 0.29) is 80.3 Å². The van der Waals surface area contributed by atoms with Crippen LogP contribution in [0.1, 0.15) is 17.0 Å². The zero-order chi connectivity index (χ0) is 19.9. The molecule has 28 heavy (non-hydrogen) atoms. The zero-order valence-corrected chi connectivity index (χ0v) is 23.1. The van der Waals surface area contributed by atoms with Crippen LogP contribution in [0.5, 0.6) is 0 Å². The van der Waals surface area contributed by atoms with Crippen molar-refractivity contribution in [2.24, 2.45) is 0 Å². The van der Waals surface area contributed by atoms with Gasteiger partial charge in [0, 0.05) is 5.92 Å². The first-order chi connectivity index (χ1) is 11.8. The predicted octanol–water partition coefficient (Wildman–Crippen LogP) is -2.25. The molecule has 0 spiro atoms. The molecule has 142 valence electrons. The summed E-state index contributed by atoms with van der Waals surface area (Å²) >= 11 is 23.4. The van der Waals surface area contributed by atoms with Crippen LogP contribution in [0.3, 0.4) is 0 Å². The summed E-state index contributed by atoms with van der Waals surface area (Å²) in [6, 6.07) is 7.08. The Kier molecular flexibility index (Phi) is 11.9. The quantitative estimate of drug-likeness (QED) is 0.248. The molecule has 0 aliphatic carbocycles. The summed E-state index contributed by atoms with van der Waals surface area (Å²) in [4.78, 5) is -2.54. The fourth-order valence-electron chi connectivity index (χ4n) is 2.29. The third kappa shape index (κ3) is 7.24. The molecule has 0 radical (unpaired) electrons. The van der Waals surface area contributed by atoms with E-state index in [1.165, 1.54) is 24.3 Å². The molecule has 0 fully saturated rings. The molecule has 0 amide bonds. The van der Waals surface area contributed by atoms with E-state index < -0.39 is 40.8 Å². The molecule has 0 aromatic heterocycles. The third-order valence-electron chi connectivity index (χ3n) is 3.42. The third-order valence-corrected chi connectivity index (χ3v) is 6.56. The largest absolute Gasteiger partial charge is 1.00 e. The van der Waals surface area contributed by atoms with Gasteiger partial charge >= 0.3 is 59.1 Å². The number of benzene rings is 2. The Morgan fingerprint density at radius 2 is 1.04 bits per heavy atom. The molecule has 0 unspecified atom stereocenters. The molecule has 6 nitrogen and oxygen atoms in total. The minimum absolute atomic E-state index is 0. The number of halogens is 4. The summed E-state index contributed by atoms with van der Waals surface area (Å²) in [7, 11) is -9.74. The van der Waals surface area contributed by atoms with Gasteiger partial charge in [-0.1, -0.05) is 35.3 Å². The van der Waals surface area contributed by atoms with Crippen molar-refractivity contribution >= 4 is 66.6 Å². The summed E-state index contributed by atoms with van der Waals surface area (Å²) in [5, 5.41) is -0.579. The topological polar surface area (TPSA) is 114 Å². The second-order valence-corrected chi connectivity index (χ2v) is 9.77. The van der Waals surface area contributed by atoms with Gasteiger partial charge in [0.1, 0.15) is 25.1 Å². The van der Waals surface area contributed by atoms with Gasteiger partial charge in [0.25, 0.3) is 0 Å². The molecule has 14 heteroatoms. The minimum atomic E-state index is -4.87. The first kappa shape index (κ1) is 29.4. The predicted molar refractivity (Wildman–Crippen MR) is 96.2 cm³/mol. The van der Waals surface area contributed by atoms with Crippen molar-refractivity contribution in [1.29, 1.82) is 0 Å². The smallest absolute Gasteiger partial charge is 0.744 e. The van der Waals surface area contributed by atoms with Crippen LogP contribution in [0.4, 0.5) is 0 Å². The van der Waals surface area contributed by atoms with E-state index in [1.807, 2.05) is 0 Å². The van der Waals surface area contributed by atoms with E-state index in [0.29, 0.717) is 0 Å². The van der Waals surface area contributed by atoms with Crippen LogP contribution in [0.15, 0.2) is 46.2 Å². The van der Waals surface area contributed by atoms with E-state index >= 15 is 0 Å². The molecule has 0 saturated heterocycles. The monoisotopic (exact) mass is 522 g/mol. The fraction of sp³-hybridized carbons (Fsp3) is 0.143. The zero-order valence-electron chi connectivity index (χ0n) is 14.4. The summed E-state index contributed by atoms with van der Waals surface area (Å²) in [6.07, 6.45) is 0. The summed E-state index contributed by atoms with van der Waals surface area (Å²) < 4.78 is 67.9. The molecule has 0 atom stereocenters. The number of rotatable bonds is 5. The Balaban J connectivity index is 0.00000364. The Bertz CT molecular complexity index is 980. The average molecular weight is 524 g/mol. The van der Waals surface area contributed by atoms with Gasteiger partial charge in [0.05, 0.1) is 19.8 Å². The maximum Gasteiger partial charge on any atom is 1.00 e. The molecule has 2 aromatic rings.